The van der Waals surface area contributed by atoms with Gasteiger partial charge in [-0.3, -0.25) is 0 Å². The maximum Gasteiger partial charge on any atom is 0.416 e. The number of benzene rings is 2. The zero-order valence-corrected chi connectivity index (χ0v) is 19.0. The molecule has 2 aromatic rings. The lowest BCUT2D eigenvalue weighted by Gasteiger charge is -2.41. The summed E-state index contributed by atoms with van der Waals surface area (Å²) in [6.07, 6.45) is -2.56. The lowest BCUT2D eigenvalue weighted by Crippen LogP contribution is -2.47. The van der Waals surface area contributed by atoms with Crippen molar-refractivity contribution in [3.63, 3.8) is 0 Å². The molecule has 0 saturated heterocycles. The standard InChI is InChI=1S/C21H24ClF4N3O2S/c1-29(2)19-7-6-13(12-4-3-5-14(8-12)21(24,25)26)9-18(19)28-17-11-16(23)20(10-15(17)22)32(27,30)31/h3-5,8,10-11,13,18-19,28H,6-7,9H2,1-2H3,(H2,27,30,31)/t13-,18-,19-/m0/s1. The van der Waals surface area contributed by atoms with Gasteiger partial charge in [-0.2, -0.15) is 13.2 Å². The van der Waals surface area contributed by atoms with Crippen molar-refractivity contribution < 1.29 is 26.0 Å². The third-order valence-corrected chi connectivity index (χ3v) is 7.07. The average Bonchev–Trinajstić information content (AvgIpc) is 2.69. The third-order valence-electron chi connectivity index (χ3n) is 5.83. The van der Waals surface area contributed by atoms with E-state index in [1.165, 1.54) is 12.1 Å². The second kappa shape index (κ2) is 9.17. The summed E-state index contributed by atoms with van der Waals surface area (Å²) in [4.78, 5) is 1.28. The summed E-state index contributed by atoms with van der Waals surface area (Å²) in [6, 6.07) is 6.96. The molecule has 3 rings (SSSR count). The summed E-state index contributed by atoms with van der Waals surface area (Å²) in [5, 5.41) is 8.17. The van der Waals surface area contributed by atoms with Crippen molar-refractivity contribution in [2.24, 2.45) is 5.14 Å². The van der Waals surface area contributed by atoms with E-state index in [4.69, 9.17) is 16.7 Å². The molecule has 32 heavy (non-hydrogen) atoms. The van der Waals surface area contributed by atoms with Crippen LogP contribution in [0.25, 0.3) is 0 Å². The third kappa shape index (κ3) is 5.54. The largest absolute Gasteiger partial charge is 0.416 e. The molecule has 3 N–H and O–H groups in total. The first-order chi connectivity index (χ1) is 14.8. The molecule has 176 valence electrons. The summed E-state index contributed by atoms with van der Waals surface area (Å²) in [6.45, 7) is 0. The molecule has 1 aliphatic rings. The number of hydrogen-bond donors (Lipinski definition) is 2. The predicted molar refractivity (Wildman–Crippen MR) is 116 cm³/mol. The fourth-order valence-corrected chi connectivity index (χ4v) is 5.15. The highest BCUT2D eigenvalue weighted by Gasteiger charge is 2.35. The molecule has 0 heterocycles. The number of anilines is 1. The maximum atomic E-state index is 14.4. The van der Waals surface area contributed by atoms with E-state index in [-0.39, 0.29) is 28.7 Å². The van der Waals surface area contributed by atoms with E-state index in [2.05, 4.69) is 5.32 Å². The summed E-state index contributed by atoms with van der Waals surface area (Å²) < 4.78 is 76.8. The Hall–Kier alpha value is -1.88. The highest BCUT2D eigenvalue weighted by atomic mass is 35.5. The van der Waals surface area contributed by atoms with Gasteiger partial charge in [0.2, 0.25) is 10.0 Å². The van der Waals surface area contributed by atoms with Crippen molar-refractivity contribution in [2.75, 3.05) is 19.4 Å². The first-order valence-electron chi connectivity index (χ1n) is 9.89. The van der Waals surface area contributed by atoms with Gasteiger partial charge in [-0.25, -0.2) is 17.9 Å². The Morgan fingerprint density at radius 2 is 1.84 bits per heavy atom. The maximum absolute atomic E-state index is 14.4. The van der Waals surface area contributed by atoms with Gasteiger partial charge in [-0.1, -0.05) is 29.8 Å². The Morgan fingerprint density at radius 3 is 2.44 bits per heavy atom. The minimum Gasteiger partial charge on any atom is -0.379 e. The smallest absolute Gasteiger partial charge is 0.379 e. The number of nitrogens with zero attached hydrogens (tertiary/aromatic N) is 1. The van der Waals surface area contributed by atoms with Gasteiger partial charge < -0.3 is 10.2 Å². The molecular weight excluding hydrogens is 470 g/mol. The molecule has 0 amide bonds. The molecule has 0 aromatic heterocycles. The van der Waals surface area contributed by atoms with E-state index in [0.29, 0.717) is 24.8 Å². The second-order valence-electron chi connectivity index (χ2n) is 8.22. The van der Waals surface area contributed by atoms with Crippen LogP contribution in [-0.2, 0) is 16.2 Å². The van der Waals surface area contributed by atoms with Crippen LogP contribution in [0.15, 0.2) is 41.3 Å². The van der Waals surface area contributed by atoms with Gasteiger partial charge in [-0.15, -0.1) is 0 Å². The van der Waals surface area contributed by atoms with Crippen molar-refractivity contribution >= 4 is 27.3 Å². The number of sulfonamides is 1. The molecule has 0 spiro atoms. The first-order valence-corrected chi connectivity index (χ1v) is 11.8. The van der Waals surface area contributed by atoms with Gasteiger partial charge >= 0.3 is 6.18 Å². The van der Waals surface area contributed by atoms with Crippen LogP contribution in [0.4, 0.5) is 23.2 Å². The molecule has 5 nitrogen and oxygen atoms in total. The average molecular weight is 494 g/mol. The molecule has 0 unspecified atom stereocenters. The molecule has 0 aliphatic heterocycles. The van der Waals surface area contributed by atoms with E-state index in [9.17, 15) is 26.0 Å². The van der Waals surface area contributed by atoms with Gasteiger partial charge in [0, 0.05) is 12.1 Å². The zero-order valence-electron chi connectivity index (χ0n) is 17.5. The van der Waals surface area contributed by atoms with Crippen molar-refractivity contribution in [1.82, 2.24) is 4.90 Å². The normalized spacial score (nSPS) is 22.2. The fraction of sp³-hybridized carbons (Fsp3) is 0.429. The van der Waals surface area contributed by atoms with Crippen LogP contribution in [0.2, 0.25) is 5.02 Å². The zero-order chi connectivity index (χ0) is 23.8. The number of likely N-dealkylation sites (N-methyl/N-ethyl adjacent to an activating group) is 1. The highest BCUT2D eigenvalue weighted by molar-refractivity contribution is 7.89. The molecule has 0 radical (unpaired) electrons. The summed E-state index contributed by atoms with van der Waals surface area (Å²) >= 11 is 6.19. The summed E-state index contributed by atoms with van der Waals surface area (Å²) in [7, 11) is -0.508. The minimum absolute atomic E-state index is 0.00842. The highest BCUT2D eigenvalue weighted by Crippen LogP contribution is 2.39. The predicted octanol–water partition coefficient (Wildman–Crippen LogP) is 4.82. The number of rotatable bonds is 5. The molecular formula is C21H24ClF4N3O2S. The van der Waals surface area contributed by atoms with Gasteiger partial charge in [0.25, 0.3) is 0 Å². The number of primary sulfonamides is 1. The van der Waals surface area contributed by atoms with Crippen LogP contribution in [-0.4, -0.2) is 39.5 Å². The van der Waals surface area contributed by atoms with Crippen LogP contribution in [0.1, 0.15) is 36.3 Å². The topological polar surface area (TPSA) is 75.4 Å². The summed E-state index contributed by atoms with van der Waals surface area (Å²) in [5.41, 5.74) is 0.0849. The lowest BCUT2D eigenvalue weighted by atomic mass is 9.78. The Kier molecular flexibility index (Phi) is 7.09. The van der Waals surface area contributed by atoms with Gasteiger partial charge in [0.15, 0.2) is 0 Å². The quantitative estimate of drug-likeness (QED) is 0.585. The Balaban J connectivity index is 1.90. The van der Waals surface area contributed by atoms with E-state index < -0.39 is 32.5 Å². The van der Waals surface area contributed by atoms with E-state index >= 15 is 0 Å². The number of halogens is 5. The van der Waals surface area contributed by atoms with Crippen LogP contribution in [0.3, 0.4) is 0 Å². The van der Waals surface area contributed by atoms with Crippen LogP contribution in [0.5, 0.6) is 0 Å². The second-order valence-corrected chi connectivity index (χ2v) is 10.2. The van der Waals surface area contributed by atoms with Crippen LogP contribution >= 0.6 is 11.6 Å². The van der Waals surface area contributed by atoms with Gasteiger partial charge in [0.1, 0.15) is 10.7 Å². The molecule has 0 bridgehead atoms. The van der Waals surface area contributed by atoms with Crippen LogP contribution in [0, 0.1) is 5.82 Å². The molecule has 1 aliphatic carbocycles. The molecule has 1 saturated carbocycles. The molecule has 3 atom stereocenters. The summed E-state index contributed by atoms with van der Waals surface area (Å²) in [5.74, 6) is -1.18. The van der Waals surface area contributed by atoms with Crippen LogP contribution < -0.4 is 10.5 Å². The van der Waals surface area contributed by atoms with E-state index in [0.717, 1.165) is 18.2 Å². The number of alkyl halides is 3. The van der Waals surface area contributed by atoms with Crippen molar-refractivity contribution in [3.05, 3.63) is 58.4 Å². The number of hydrogen-bond acceptors (Lipinski definition) is 4. The number of nitrogens with one attached hydrogen (secondary N) is 1. The molecule has 11 heteroatoms. The van der Waals surface area contributed by atoms with E-state index in [1.807, 2.05) is 19.0 Å². The van der Waals surface area contributed by atoms with Gasteiger partial charge in [-0.05, 0) is 63.0 Å². The number of nitrogens with two attached hydrogens (primary N) is 1. The van der Waals surface area contributed by atoms with Crippen molar-refractivity contribution in [3.8, 4) is 0 Å². The Labute approximate surface area is 189 Å². The fourth-order valence-electron chi connectivity index (χ4n) is 4.26. The minimum atomic E-state index is -4.43. The lowest BCUT2D eigenvalue weighted by molar-refractivity contribution is -0.137. The molecule has 2 aromatic carbocycles. The monoisotopic (exact) mass is 493 g/mol. The Bertz CT molecular complexity index is 1090. The van der Waals surface area contributed by atoms with Gasteiger partial charge in [0.05, 0.1) is 16.3 Å². The first kappa shape index (κ1) is 24.8. The Morgan fingerprint density at radius 1 is 1.16 bits per heavy atom. The SMILES string of the molecule is CN(C)[C@H]1CC[C@H](c2cccc(C(F)(F)F)c2)C[C@@H]1Nc1cc(F)c(S(N)(=O)=O)cc1Cl. The molecule has 1 fully saturated rings. The van der Waals surface area contributed by atoms with E-state index in [1.54, 1.807) is 6.07 Å². The van der Waals surface area contributed by atoms with Crippen molar-refractivity contribution in [2.45, 2.75) is 48.3 Å². The van der Waals surface area contributed by atoms with Crippen molar-refractivity contribution in [1.29, 1.82) is 0 Å².